The van der Waals surface area contributed by atoms with Crippen LogP contribution in [-0.4, -0.2) is 9.38 Å². The number of hydrogen-bond acceptors (Lipinski definition) is 3. The van der Waals surface area contributed by atoms with Gasteiger partial charge >= 0.3 is 0 Å². The SMILES string of the molecule is NCc1ccc(OCc2cn3ccccc3n2)c(F)c1. The van der Waals surface area contributed by atoms with Gasteiger partial charge in [0.1, 0.15) is 12.3 Å². The molecule has 5 heteroatoms. The first-order valence-electron chi connectivity index (χ1n) is 6.30. The first kappa shape index (κ1) is 12.6. The van der Waals surface area contributed by atoms with Crippen molar-refractivity contribution < 1.29 is 9.13 Å². The molecule has 0 atom stereocenters. The summed E-state index contributed by atoms with van der Waals surface area (Å²) in [6.07, 6.45) is 3.77. The lowest BCUT2D eigenvalue weighted by atomic mass is 10.2. The summed E-state index contributed by atoms with van der Waals surface area (Å²) < 4.78 is 21.1. The molecule has 0 amide bonds. The van der Waals surface area contributed by atoms with Crippen molar-refractivity contribution in [1.29, 1.82) is 0 Å². The summed E-state index contributed by atoms with van der Waals surface area (Å²) in [5, 5.41) is 0. The van der Waals surface area contributed by atoms with Crippen molar-refractivity contribution in [3.8, 4) is 5.75 Å². The van der Waals surface area contributed by atoms with Crippen LogP contribution in [0.5, 0.6) is 5.75 Å². The van der Waals surface area contributed by atoms with Gasteiger partial charge in [0, 0.05) is 18.9 Å². The van der Waals surface area contributed by atoms with E-state index in [2.05, 4.69) is 4.98 Å². The highest BCUT2D eigenvalue weighted by atomic mass is 19.1. The van der Waals surface area contributed by atoms with Crippen molar-refractivity contribution in [2.24, 2.45) is 5.73 Å². The fraction of sp³-hybridized carbons (Fsp3) is 0.133. The van der Waals surface area contributed by atoms with Gasteiger partial charge in [-0.05, 0) is 29.8 Å². The predicted octanol–water partition coefficient (Wildman–Crippen LogP) is 2.51. The highest BCUT2D eigenvalue weighted by molar-refractivity contribution is 5.39. The second kappa shape index (κ2) is 5.30. The second-order valence-electron chi connectivity index (χ2n) is 4.46. The first-order valence-corrected chi connectivity index (χ1v) is 6.30. The maximum Gasteiger partial charge on any atom is 0.165 e. The van der Waals surface area contributed by atoms with Crippen LogP contribution in [0.25, 0.3) is 5.65 Å². The van der Waals surface area contributed by atoms with E-state index in [-0.39, 0.29) is 12.4 Å². The third-order valence-corrected chi connectivity index (χ3v) is 3.02. The van der Waals surface area contributed by atoms with E-state index in [1.165, 1.54) is 6.07 Å². The molecular weight excluding hydrogens is 257 g/mol. The molecule has 0 unspecified atom stereocenters. The fourth-order valence-electron chi connectivity index (χ4n) is 2.00. The van der Waals surface area contributed by atoms with E-state index in [0.717, 1.165) is 16.9 Å². The topological polar surface area (TPSA) is 52.5 Å². The van der Waals surface area contributed by atoms with Crippen molar-refractivity contribution in [3.05, 3.63) is 65.9 Å². The van der Waals surface area contributed by atoms with Gasteiger partial charge in [0.05, 0.1) is 5.69 Å². The molecule has 0 saturated carbocycles. The van der Waals surface area contributed by atoms with Crippen LogP contribution in [0, 0.1) is 5.82 Å². The van der Waals surface area contributed by atoms with Gasteiger partial charge in [0.2, 0.25) is 0 Å². The number of benzene rings is 1. The van der Waals surface area contributed by atoms with Crippen LogP contribution in [0.1, 0.15) is 11.3 Å². The molecule has 0 aliphatic rings. The molecule has 20 heavy (non-hydrogen) atoms. The van der Waals surface area contributed by atoms with Gasteiger partial charge in [-0.1, -0.05) is 12.1 Å². The molecule has 0 radical (unpaired) electrons. The van der Waals surface area contributed by atoms with Gasteiger partial charge in [-0.25, -0.2) is 9.37 Å². The zero-order valence-corrected chi connectivity index (χ0v) is 10.8. The average molecular weight is 271 g/mol. The van der Waals surface area contributed by atoms with Crippen LogP contribution in [0.4, 0.5) is 4.39 Å². The Morgan fingerprint density at radius 1 is 1.25 bits per heavy atom. The lowest BCUT2D eigenvalue weighted by Gasteiger charge is -2.06. The Labute approximate surface area is 115 Å². The van der Waals surface area contributed by atoms with Crippen molar-refractivity contribution in [2.45, 2.75) is 13.2 Å². The van der Waals surface area contributed by atoms with Crippen LogP contribution in [0.2, 0.25) is 0 Å². The van der Waals surface area contributed by atoms with E-state index >= 15 is 0 Å². The number of aromatic nitrogens is 2. The van der Waals surface area contributed by atoms with Gasteiger partial charge < -0.3 is 14.9 Å². The number of nitrogens with zero attached hydrogens (tertiary/aromatic N) is 2. The lowest BCUT2D eigenvalue weighted by molar-refractivity contribution is 0.286. The number of hydrogen-bond donors (Lipinski definition) is 1. The minimum Gasteiger partial charge on any atom is -0.484 e. The smallest absolute Gasteiger partial charge is 0.165 e. The molecule has 0 aliphatic heterocycles. The maximum atomic E-state index is 13.7. The number of rotatable bonds is 4. The third-order valence-electron chi connectivity index (χ3n) is 3.02. The van der Waals surface area contributed by atoms with Gasteiger partial charge in [0.25, 0.3) is 0 Å². The van der Waals surface area contributed by atoms with Crippen molar-refractivity contribution in [3.63, 3.8) is 0 Å². The Morgan fingerprint density at radius 3 is 2.90 bits per heavy atom. The standard InChI is InChI=1S/C15H14FN3O/c16-13-7-11(8-17)4-5-14(13)20-10-12-9-19-6-2-1-3-15(19)18-12/h1-7,9H,8,10,17H2. The Bertz CT molecular complexity index is 706. The molecule has 1 aromatic carbocycles. The summed E-state index contributed by atoms with van der Waals surface area (Å²) in [7, 11) is 0. The quantitative estimate of drug-likeness (QED) is 0.793. The Kier molecular flexibility index (Phi) is 3.35. The largest absolute Gasteiger partial charge is 0.484 e. The van der Waals surface area contributed by atoms with Crippen molar-refractivity contribution in [2.75, 3.05) is 0 Å². The van der Waals surface area contributed by atoms with Crippen LogP contribution in [0.15, 0.2) is 48.8 Å². The molecule has 3 aromatic rings. The zero-order valence-electron chi connectivity index (χ0n) is 10.8. The number of halogens is 1. The van der Waals surface area contributed by atoms with Crippen LogP contribution < -0.4 is 10.5 Å². The van der Waals surface area contributed by atoms with E-state index < -0.39 is 5.82 Å². The number of pyridine rings is 1. The molecule has 102 valence electrons. The summed E-state index contributed by atoms with van der Waals surface area (Å²) in [5.41, 5.74) is 7.78. The Balaban J connectivity index is 1.75. The zero-order chi connectivity index (χ0) is 13.9. The Hall–Kier alpha value is -2.40. The van der Waals surface area contributed by atoms with Gasteiger partial charge in [-0.3, -0.25) is 0 Å². The monoisotopic (exact) mass is 271 g/mol. The molecule has 0 spiro atoms. The summed E-state index contributed by atoms with van der Waals surface area (Å²) in [6, 6.07) is 10.5. The number of fused-ring (bicyclic) bond motifs is 1. The van der Waals surface area contributed by atoms with E-state index in [1.54, 1.807) is 12.1 Å². The second-order valence-corrected chi connectivity index (χ2v) is 4.46. The highest BCUT2D eigenvalue weighted by Gasteiger charge is 2.06. The molecule has 4 nitrogen and oxygen atoms in total. The van der Waals surface area contributed by atoms with Crippen LogP contribution in [0.3, 0.4) is 0 Å². The lowest BCUT2D eigenvalue weighted by Crippen LogP contribution is -2.00. The molecule has 2 N–H and O–H groups in total. The molecule has 0 bridgehead atoms. The van der Waals surface area contributed by atoms with Crippen molar-refractivity contribution in [1.82, 2.24) is 9.38 Å². The van der Waals surface area contributed by atoms with E-state index in [4.69, 9.17) is 10.5 Å². The minimum absolute atomic E-state index is 0.208. The van der Waals surface area contributed by atoms with E-state index in [0.29, 0.717) is 6.54 Å². The Morgan fingerprint density at radius 2 is 2.15 bits per heavy atom. The number of ether oxygens (including phenoxy) is 1. The number of nitrogens with two attached hydrogens (primary N) is 1. The van der Waals surface area contributed by atoms with E-state index in [1.807, 2.05) is 35.0 Å². The predicted molar refractivity (Wildman–Crippen MR) is 73.8 cm³/mol. The first-order chi connectivity index (χ1) is 9.76. The molecule has 0 aliphatic carbocycles. The molecular formula is C15H14FN3O. The summed E-state index contributed by atoms with van der Waals surface area (Å²) in [6.45, 7) is 0.532. The van der Waals surface area contributed by atoms with Gasteiger partial charge in [0.15, 0.2) is 11.6 Å². The average Bonchev–Trinajstić information content (AvgIpc) is 2.88. The number of imidazole rings is 1. The van der Waals surface area contributed by atoms with Gasteiger partial charge in [-0.15, -0.1) is 0 Å². The van der Waals surface area contributed by atoms with Crippen LogP contribution in [-0.2, 0) is 13.2 Å². The molecule has 2 aromatic heterocycles. The van der Waals surface area contributed by atoms with Gasteiger partial charge in [-0.2, -0.15) is 0 Å². The van der Waals surface area contributed by atoms with E-state index in [9.17, 15) is 4.39 Å². The normalized spacial score (nSPS) is 10.9. The molecule has 0 saturated heterocycles. The molecule has 3 rings (SSSR count). The van der Waals surface area contributed by atoms with Crippen molar-refractivity contribution >= 4 is 5.65 Å². The highest BCUT2D eigenvalue weighted by Crippen LogP contribution is 2.19. The molecule has 0 fully saturated rings. The third kappa shape index (κ3) is 2.48. The minimum atomic E-state index is -0.406. The molecule has 2 heterocycles. The summed E-state index contributed by atoms with van der Waals surface area (Å²) >= 11 is 0. The fourth-order valence-corrected chi connectivity index (χ4v) is 2.00. The maximum absolute atomic E-state index is 13.7. The summed E-state index contributed by atoms with van der Waals surface area (Å²) in [4.78, 5) is 4.39. The summed E-state index contributed by atoms with van der Waals surface area (Å²) in [5.74, 6) is -0.198. The van der Waals surface area contributed by atoms with Crippen LogP contribution >= 0.6 is 0 Å².